The van der Waals surface area contributed by atoms with Gasteiger partial charge in [0.15, 0.2) is 23.0 Å². The van der Waals surface area contributed by atoms with E-state index >= 15 is 0 Å². The lowest BCUT2D eigenvalue weighted by molar-refractivity contribution is 0.0905. The summed E-state index contributed by atoms with van der Waals surface area (Å²) in [4.78, 5) is 15.1. The van der Waals surface area contributed by atoms with Gasteiger partial charge in [0.25, 0.3) is 5.91 Å². The molecule has 4 heterocycles. The van der Waals surface area contributed by atoms with Crippen molar-refractivity contribution in [3.63, 3.8) is 0 Å². The molecule has 5 rings (SSSR count). The summed E-state index contributed by atoms with van der Waals surface area (Å²) in [5.74, 6) is 2.45. The number of nitrogens with one attached hydrogen (secondary N) is 1. The predicted octanol–water partition coefficient (Wildman–Crippen LogP) is 3.66. The highest BCUT2D eigenvalue weighted by Crippen LogP contribution is 2.34. The number of ether oxygens (including phenoxy) is 2. The number of hydrogen-bond donors (Lipinski definition) is 1. The zero-order valence-electron chi connectivity index (χ0n) is 17.2. The number of nitrogens with zero attached hydrogens (tertiary/aromatic N) is 2. The fourth-order valence-electron chi connectivity index (χ4n) is 4.12. The van der Waals surface area contributed by atoms with Crippen molar-refractivity contribution in [3.05, 3.63) is 54.1 Å². The zero-order chi connectivity index (χ0) is 21.0. The van der Waals surface area contributed by atoms with Crippen LogP contribution >= 0.6 is 0 Å². The number of piperidine rings is 1. The molecule has 8 heteroatoms. The Morgan fingerprint density at radius 2 is 1.90 bits per heavy atom. The molecule has 0 bridgehead atoms. The minimum atomic E-state index is -0.277. The minimum absolute atomic E-state index is 0.00316. The SMILES string of the molecule is O=C(NC[C@H](c1ccco1)N1CCCCC1)c1cc(-c2ccc3c(c2)OCCO3)on1. The van der Waals surface area contributed by atoms with Crippen LogP contribution < -0.4 is 14.8 Å². The summed E-state index contributed by atoms with van der Waals surface area (Å²) >= 11 is 0. The van der Waals surface area contributed by atoms with Crippen LogP contribution in [0.5, 0.6) is 11.5 Å². The van der Waals surface area contributed by atoms with E-state index in [-0.39, 0.29) is 17.6 Å². The summed E-state index contributed by atoms with van der Waals surface area (Å²) in [6.07, 6.45) is 5.24. The average Bonchev–Trinajstić information content (AvgIpc) is 3.52. The molecular weight excluding hydrogens is 398 g/mol. The monoisotopic (exact) mass is 423 g/mol. The van der Waals surface area contributed by atoms with E-state index in [0.29, 0.717) is 37.0 Å². The first-order valence-corrected chi connectivity index (χ1v) is 10.7. The number of carbonyl (C=O) groups is 1. The summed E-state index contributed by atoms with van der Waals surface area (Å²) in [5, 5.41) is 6.95. The normalized spacial score (nSPS) is 17.3. The zero-order valence-corrected chi connectivity index (χ0v) is 17.2. The van der Waals surface area contributed by atoms with Gasteiger partial charge in [-0.05, 0) is 56.3 Å². The van der Waals surface area contributed by atoms with E-state index < -0.39 is 0 Å². The second-order valence-electron chi connectivity index (χ2n) is 7.77. The lowest BCUT2D eigenvalue weighted by atomic mass is 10.1. The van der Waals surface area contributed by atoms with Crippen molar-refractivity contribution in [2.75, 3.05) is 32.8 Å². The standard InChI is InChI=1S/C23H25N3O5/c27-23(24-15-18(19-5-4-10-28-19)26-8-2-1-3-9-26)17-14-21(31-25-17)16-6-7-20-22(13-16)30-12-11-29-20/h4-7,10,13-14,18H,1-3,8-9,11-12,15H2,(H,24,27)/t18-/m1/s1. The number of amides is 1. The summed E-state index contributed by atoms with van der Waals surface area (Å²) < 4.78 is 22.2. The number of hydrogen-bond acceptors (Lipinski definition) is 7. The first-order valence-electron chi connectivity index (χ1n) is 10.7. The number of furan rings is 1. The lowest BCUT2D eigenvalue weighted by Crippen LogP contribution is -2.40. The summed E-state index contributed by atoms with van der Waals surface area (Å²) in [6, 6.07) is 11.0. The van der Waals surface area contributed by atoms with Crippen LogP contribution in [0.1, 0.15) is 41.6 Å². The molecule has 8 nitrogen and oxygen atoms in total. The van der Waals surface area contributed by atoms with Crippen LogP contribution in [0.25, 0.3) is 11.3 Å². The number of likely N-dealkylation sites (tertiary alicyclic amines) is 1. The van der Waals surface area contributed by atoms with Crippen molar-refractivity contribution < 1.29 is 23.2 Å². The Morgan fingerprint density at radius 1 is 1.06 bits per heavy atom. The van der Waals surface area contributed by atoms with Crippen molar-refractivity contribution in [1.82, 2.24) is 15.4 Å². The highest BCUT2D eigenvalue weighted by molar-refractivity contribution is 5.93. The molecular formula is C23H25N3O5. The Morgan fingerprint density at radius 3 is 2.71 bits per heavy atom. The van der Waals surface area contributed by atoms with E-state index in [1.54, 1.807) is 12.3 Å². The van der Waals surface area contributed by atoms with E-state index in [1.165, 1.54) is 6.42 Å². The van der Waals surface area contributed by atoms with Gasteiger partial charge in [-0.25, -0.2) is 0 Å². The van der Waals surface area contributed by atoms with E-state index in [4.69, 9.17) is 18.4 Å². The predicted molar refractivity (Wildman–Crippen MR) is 112 cm³/mol. The maximum atomic E-state index is 12.8. The Balaban J connectivity index is 1.27. The van der Waals surface area contributed by atoms with Gasteiger partial charge in [0.05, 0.1) is 12.3 Å². The van der Waals surface area contributed by atoms with Gasteiger partial charge in [-0.2, -0.15) is 0 Å². The first kappa shape index (κ1) is 19.7. The molecule has 0 aliphatic carbocycles. The Kier molecular flexibility index (Phi) is 5.62. The van der Waals surface area contributed by atoms with Crippen LogP contribution in [0, 0.1) is 0 Å². The van der Waals surface area contributed by atoms with E-state index in [0.717, 1.165) is 37.3 Å². The third kappa shape index (κ3) is 4.29. The molecule has 2 aliphatic heterocycles. The molecule has 1 N–H and O–H groups in total. The van der Waals surface area contributed by atoms with Gasteiger partial charge in [-0.1, -0.05) is 11.6 Å². The van der Waals surface area contributed by atoms with Crippen LogP contribution in [0.4, 0.5) is 0 Å². The molecule has 0 radical (unpaired) electrons. The highest BCUT2D eigenvalue weighted by atomic mass is 16.6. The number of fused-ring (bicyclic) bond motifs is 1. The smallest absolute Gasteiger partial charge is 0.273 e. The summed E-state index contributed by atoms with van der Waals surface area (Å²) in [6.45, 7) is 3.49. The first-order chi connectivity index (χ1) is 15.3. The van der Waals surface area contributed by atoms with Gasteiger partial charge in [0.1, 0.15) is 19.0 Å². The molecule has 3 aromatic rings. The molecule has 0 spiro atoms. The molecule has 2 aliphatic rings. The van der Waals surface area contributed by atoms with Gasteiger partial charge in [-0.3, -0.25) is 9.69 Å². The fraction of sp³-hybridized carbons (Fsp3) is 0.391. The summed E-state index contributed by atoms with van der Waals surface area (Å²) in [7, 11) is 0. The van der Waals surface area contributed by atoms with Gasteiger partial charge in [0, 0.05) is 18.2 Å². The van der Waals surface area contributed by atoms with Crippen molar-refractivity contribution in [2.45, 2.75) is 25.3 Å². The average molecular weight is 423 g/mol. The van der Waals surface area contributed by atoms with Crippen molar-refractivity contribution in [2.24, 2.45) is 0 Å². The van der Waals surface area contributed by atoms with Crippen LogP contribution in [0.15, 0.2) is 51.6 Å². The Hall–Kier alpha value is -3.26. The molecule has 1 aromatic carbocycles. The van der Waals surface area contributed by atoms with Crippen LogP contribution in [-0.2, 0) is 0 Å². The van der Waals surface area contributed by atoms with Crippen molar-refractivity contribution >= 4 is 5.91 Å². The van der Waals surface area contributed by atoms with Gasteiger partial charge < -0.3 is 23.7 Å². The topological polar surface area (TPSA) is 90.0 Å². The van der Waals surface area contributed by atoms with E-state index in [1.807, 2.05) is 30.3 Å². The number of rotatable bonds is 6. The van der Waals surface area contributed by atoms with Gasteiger partial charge in [-0.15, -0.1) is 0 Å². The largest absolute Gasteiger partial charge is 0.486 e. The molecule has 1 amide bonds. The number of carbonyl (C=O) groups excluding carboxylic acids is 1. The van der Waals surface area contributed by atoms with Crippen molar-refractivity contribution in [1.29, 1.82) is 0 Å². The minimum Gasteiger partial charge on any atom is -0.486 e. The Labute approximate surface area is 180 Å². The number of benzene rings is 1. The molecule has 1 fully saturated rings. The third-order valence-electron chi connectivity index (χ3n) is 5.73. The molecule has 0 saturated carbocycles. The van der Waals surface area contributed by atoms with Crippen LogP contribution in [0.2, 0.25) is 0 Å². The quantitative estimate of drug-likeness (QED) is 0.647. The molecule has 31 heavy (non-hydrogen) atoms. The highest BCUT2D eigenvalue weighted by Gasteiger charge is 2.26. The third-order valence-corrected chi connectivity index (χ3v) is 5.73. The fourth-order valence-corrected chi connectivity index (χ4v) is 4.12. The second-order valence-corrected chi connectivity index (χ2v) is 7.77. The van der Waals surface area contributed by atoms with Crippen LogP contribution in [-0.4, -0.2) is 48.8 Å². The number of aromatic nitrogens is 1. The van der Waals surface area contributed by atoms with Crippen molar-refractivity contribution in [3.8, 4) is 22.8 Å². The lowest BCUT2D eigenvalue weighted by Gasteiger charge is -2.33. The van der Waals surface area contributed by atoms with E-state index in [2.05, 4.69) is 15.4 Å². The van der Waals surface area contributed by atoms with E-state index in [9.17, 15) is 4.79 Å². The second kappa shape index (κ2) is 8.85. The van der Waals surface area contributed by atoms with Gasteiger partial charge >= 0.3 is 0 Å². The summed E-state index contributed by atoms with van der Waals surface area (Å²) in [5.41, 5.74) is 1.01. The maximum Gasteiger partial charge on any atom is 0.273 e. The molecule has 1 saturated heterocycles. The van der Waals surface area contributed by atoms with Gasteiger partial charge in [0.2, 0.25) is 0 Å². The molecule has 2 aromatic heterocycles. The van der Waals surface area contributed by atoms with Crippen LogP contribution in [0.3, 0.4) is 0 Å². The Bertz CT molecular complexity index is 1020. The molecule has 1 atom stereocenters. The molecule has 162 valence electrons. The molecule has 0 unspecified atom stereocenters. The maximum absolute atomic E-state index is 12.8.